The number of aromatic nitrogens is 1. The third-order valence-corrected chi connectivity index (χ3v) is 5.73. The summed E-state index contributed by atoms with van der Waals surface area (Å²) in [6, 6.07) is 4.22. The van der Waals surface area contributed by atoms with Gasteiger partial charge in [-0.3, -0.25) is 4.98 Å². The van der Waals surface area contributed by atoms with Crippen LogP contribution in [0.15, 0.2) is 12.1 Å². The summed E-state index contributed by atoms with van der Waals surface area (Å²) in [7, 11) is -0.363. The summed E-state index contributed by atoms with van der Waals surface area (Å²) in [6.07, 6.45) is 2.21. The Balaban J connectivity index is 1.68. The number of rotatable bonds is 3. The van der Waals surface area contributed by atoms with Crippen molar-refractivity contribution in [2.45, 2.75) is 63.8 Å². The minimum atomic E-state index is -0.363. The molecule has 24 heavy (non-hydrogen) atoms. The van der Waals surface area contributed by atoms with Crippen LogP contribution in [0.25, 0.3) is 0 Å². The first-order valence-electron chi connectivity index (χ1n) is 8.92. The molecule has 0 N–H and O–H groups in total. The Kier molecular flexibility index (Phi) is 3.99. The fraction of sp³-hybridized carbons (Fsp3) is 0.722. The van der Waals surface area contributed by atoms with Crippen molar-refractivity contribution in [3.05, 3.63) is 23.5 Å². The quantitative estimate of drug-likeness (QED) is 0.796. The van der Waals surface area contributed by atoms with Gasteiger partial charge in [-0.2, -0.15) is 0 Å². The third kappa shape index (κ3) is 2.79. The fourth-order valence-electron chi connectivity index (χ4n) is 3.30. The molecular formula is C18H26BNO4. The van der Waals surface area contributed by atoms with E-state index in [-0.39, 0.29) is 24.4 Å². The zero-order valence-electron chi connectivity index (χ0n) is 15.0. The summed E-state index contributed by atoms with van der Waals surface area (Å²) in [5.74, 6) is 0.368. The van der Waals surface area contributed by atoms with Gasteiger partial charge in [-0.1, -0.05) is 0 Å². The minimum Gasteiger partial charge on any atom is -0.399 e. The number of hydrogen-bond acceptors (Lipinski definition) is 5. The van der Waals surface area contributed by atoms with Crippen LogP contribution in [0.2, 0.25) is 0 Å². The van der Waals surface area contributed by atoms with Crippen molar-refractivity contribution in [2.24, 2.45) is 0 Å². The molecule has 130 valence electrons. The zero-order chi connectivity index (χ0) is 16.9. The van der Waals surface area contributed by atoms with E-state index in [1.54, 1.807) is 0 Å². The van der Waals surface area contributed by atoms with Gasteiger partial charge in [0.2, 0.25) is 0 Å². The average molecular weight is 331 g/mol. The van der Waals surface area contributed by atoms with E-state index < -0.39 is 0 Å². The lowest BCUT2D eigenvalue weighted by atomic mass is 9.77. The van der Waals surface area contributed by atoms with Gasteiger partial charge in [-0.25, -0.2) is 0 Å². The minimum absolute atomic E-state index is 0.0899. The number of pyridine rings is 1. The molecule has 3 saturated heterocycles. The third-order valence-electron chi connectivity index (χ3n) is 5.73. The number of hydrogen-bond donors (Lipinski definition) is 0. The van der Waals surface area contributed by atoms with Gasteiger partial charge in [0, 0.05) is 18.2 Å². The van der Waals surface area contributed by atoms with E-state index in [9.17, 15) is 0 Å². The smallest absolute Gasteiger partial charge is 0.399 e. The van der Waals surface area contributed by atoms with E-state index in [1.165, 1.54) is 0 Å². The fourth-order valence-corrected chi connectivity index (χ4v) is 3.30. The molecule has 0 spiro atoms. The molecule has 1 aromatic heterocycles. The highest BCUT2D eigenvalue weighted by Crippen LogP contribution is 2.37. The van der Waals surface area contributed by atoms with Crippen LogP contribution in [0.3, 0.4) is 0 Å². The highest BCUT2D eigenvalue weighted by atomic mass is 16.7. The second kappa shape index (κ2) is 5.80. The maximum atomic E-state index is 6.23. The maximum absolute atomic E-state index is 6.23. The monoisotopic (exact) mass is 331 g/mol. The molecule has 1 atom stereocenters. The van der Waals surface area contributed by atoms with Crippen molar-refractivity contribution >= 4 is 12.6 Å². The lowest BCUT2D eigenvalue weighted by molar-refractivity contribution is 0.00578. The summed E-state index contributed by atoms with van der Waals surface area (Å²) < 4.78 is 23.7. The molecule has 1 aromatic rings. The van der Waals surface area contributed by atoms with E-state index in [0.717, 1.165) is 49.5 Å². The maximum Gasteiger partial charge on any atom is 0.494 e. The molecule has 0 aliphatic carbocycles. The second-order valence-electron chi connectivity index (χ2n) is 8.07. The molecule has 5 nitrogen and oxygen atoms in total. The molecule has 0 bridgehead atoms. The molecule has 4 heterocycles. The first kappa shape index (κ1) is 16.5. The molecule has 0 amide bonds. The molecule has 0 radical (unpaired) electrons. The van der Waals surface area contributed by atoms with E-state index in [0.29, 0.717) is 5.92 Å². The lowest BCUT2D eigenvalue weighted by Crippen LogP contribution is -2.41. The van der Waals surface area contributed by atoms with Crippen molar-refractivity contribution < 1.29 is 18.8 Å². The van der Waals surface area contributed by atoms with Gasteiger partial charge in [0.05, 0.1) is 36.2 Å². The number of ether oxygens (including phenoxy) is 2. The normalized spacial score (nSPS) is 29.0. The van der Waals surface area contributed by atoms with Crippen LogP contribution in [-0.2, 0) is 18.8 Å². The van der Waals surface area contributed by atoms with Gasteiger partial charge in [-0.15, -0.1) is 0 Å². The second-order valence-corrected chi connectivity index (χ2v) is 8.07. The molecule has 3 fully saturated rings. The Bertz CT molecular complexity index is 607. The van der Waals surface area contributed by atoms with Crippen molar-refractivity contribution in [1.82, 2.24) is 4.98 Å². The molecule has 4 rings (SSSR count). The Morgan fingerprint density at radius 2 is 1.71 bits per heavy atom. The molecule has 6 heteroatoms. The standard InChI is InChI=1S/C18H26BNO4/c1-17(2)18(3,4)24-19(23-17)13-8-14(12-10-21-11-12)20-15(9-13)16-6-5-7-22-16/h8-9,12,16H,5-7,10-11H2,1-4H3. The Labute approximate surface area is 144 Å². The molecule has 3 aliphatic rings. The topological polar surface area (TPSA) is 49.8 Å². The van der Waals surface area contributed by atoms with Gasteiger partial charge in [0.1, 0.15) is 0 Å². The largest absolute Gasteiger partial charge is 0.494 e. The lowest BCUT2D eigenvalue weighted by Gasteiger charge is -2.32. The van der Waals surface area contributed by atoms with Crippen molar-refractivity contribution in [1.29, 1.82) is 0 Å². The van der Waals surface area contributed by atoms with Crippen LogP contribution in [0.4, 0.5) is 0 Å². The summed E-state index contributed by atoms with van der Waals surface area (Å²) in [5, 5.41) is 0. The van der Waals surface area contributed by atoms with Crippen LogP contribution < -0.4 is 5.46 Å². The van der Waals surface area contributed by atoms with Crippen molar-refractivity contribution in [2.75, 3.05) is 19.8 Å². The molecule has 0 saturated carbocycles. The molecule has 1 unspecified atom stereocenters. The van der Waals surface area contributed by atoms with E-state index in [4.69, 9.17) is 23.8 Å². The zero-order valence-corrected chi connectivity index (χ0v) is 15.0. The van der Waals surface area contributed by atoms with Crippen LogP contribution in [0, 0.1) is 0 Å². The summed E-state index contributed by atoms with van der Waals surface area (Å²) in [5.41, 5.74) is 2.42. The Hall–Kier alpha value is -0.945. The van der Waals surface area contributed by atoms with Gasteiger partial charge in [0.15, 0.2) is 0 Å². The summed E-state index contributed by atoms with van der Waals surface area (Å²) >= 11 is 0. The highest BCUT2D eigenvalue weighted by Gasteiger charge is 2.52. The van der Waals surface area contributed by atoms with Crippen LogP contribution in [0.1, 0.15) is 63.9 Å². The van der Waals surface area contributed by atoms with Crippen molar-refractivity contribution in [3.8, 4) is 0 Å². The Morgan fingerprint density at radius 3 is 2.25 bits per heavy atom. The van der Waals surface area contributed by atoms with Gasteiger partial charge in [0.25, 0.3) is 0 Å². The molecule has 3 aliphatic heterocycles. The summed E-state index contributed by atoms with van der Waals surface area (Å²) in [6.45, 7) is 10.6. The van der Waals surface area contributed by atoms with Gasteiger partial charge < -0.3 is 18.8 Å². The van der Waals surface area contributed by atoms with Crippen molar-refractivity contribution in [3.63, 3.8) is 0 Å². The van der Waals surface area contributed by atoms with Gasteiger partial charge in [-0.05, 0) is 58.1 Å². The predicted octanol–water partition coefficient (Wildman–Crippen LogP) is 2.35. The van der Waals surface area contributed by atoms with E-state index in [2.05, 4.69) is 39.8 Å². The predicted molar refractivity (Wildman–Crippen MR) is 91.4 cm³/mol. The Morgan fingerprint density at radius 1 is 1.04 bits per heavy atom. The number of nitrogens with zero attached hydrogens (tertiary/aromatic N) is 1. The van der Waals surface area contributed by atoms with Crippen LogP contribution in [-0.4, -0.2) is 43.1 Å². The molecular weight excluding hydrogens is 305 g/mol. The first-order chi connectivity index (χ1) is 11.4. The van der Waals surface area contributed by atoms with Crippen LogP contribution >= 0.6 is 0 Å². The molecule has 0 aromatic carbocycles. The summed E-state index contributed by atoms with van der Waals surface area (Å²) in [4.78, 5) is 4.87. The SMILES string of the molecule is CC1(C)OB(c2cc(C3COC3)nc(C3CCCO3)c2)OC1(C)C. The van der Waals surface area contributed by atoms with Crippen LogP contribution in [0.5, 0.6) is 0 Å². The van der Waals surface area contributed by atoms with E-state index in [1.807, 2.05) is 0 Å². The first-order valence-corrected chi connectivity index (χ1v) is 8.92. The average Bonchev–Trinajstić information content (AvgIpc) is 3.04. The van der Waals surface area contributed by atoms with Gasteiger partial charge >= 0.3 is 7.12 Å². The highest BCUT2D eigenvalue weighted by molar-refractivity contribution is 6.62. The van der Waals surface area contributed by atoms with E-state index >= 15 is 0 Å².